The van der Waals surface area contributed by atoms with Gasteiger partial charge in [0.05, 0.1) is 11.0 Å². The Kier molecular flexibility index (Phi) is 4.36. The Morgan fingerprint density at radius 1 is 1.31 bits per heavy atom. The van der Waals surface area contributed by atoms with Gasteiger partial charge >= 0.3 is 0 Å². The van der Waals surface area contributed by atoms with Crippen molar-refractivity contribution >= 4 is 5.69 Å². The second-order valence-corrected chi connectivity index (χ2v) is 3.44. The predicted octanol–water partition coefficient (Wildman–Crippen LogP) is 0.338. The summed E-state index contributed by atoms with van der Waals surface area (Å²) < 4.78 is 0. The highest BCUT2D eigenvalue weighted by molar-refractivity contribution is 5.34. The first-order valence-corrected chi connectivity index (χ1v) is 4.87. The van der Waals surface area contributed by atoms with E-state index >= 15 is 0 Å². The molecular weight excluding hydrogens is 212 g/mol. The molecule has 6 nitrogen and oxygen atoms in total. The summed E-state index contributed by atoms with van der Waals surface area (Å²) in [6.45, 7) is 0.269. The lowest BCUT2D eigenvalue weighted by molar-refractivity contribution is -0.384. The van der Waals surface area contributed by atoms with Crippen molar-refractivity contribution in [2.24, 2.45) is 5.73 Å². The zero-order valence-electron chi connectivity index (χ0n) is 8.61. The van der Waals surface area contributed by atoms with Crippen LogP contribution in [0.4, 0.5) is 5.69 Å². The number of hydrogen-bond acceptors (Lipinski definition) is 5. The summed E-state index contributed by atoms with van der Waals surface area (Å²) in [4.78, 5) is 9.87. The molecule has 2 unspecified atom stereocenters. The van der Waals surface area contributed by atoms with Gasteiger partial charge in [0.1, 0.15) is 6.10 Å². The molecule has 0 saturated carbocycles. The highest BCUT2D eigenvalue weighted by Crippen LogP contribution is 2.21. The molecule has 0 amide bonds. The van der Waals surface area contributed by atoms with Crippen molar-refractivity contribution in [2.45, 2.75) is 18.6 Å². The normalized spacial score (nSPS) is 14.4. The van der Waals surface area contributed by atoms with E-state index in [9.17, 15) is 20.3 Å². The van der Waals surface area contributed by atoms with Crippen LogP contribution in [0, 0.1) is 10.1 Å². The summed E-state index contributed by atoms with van der Waals surface area (Å²) >= 11 is 0. The lowest BCUT2D eigenvalue weighted by Gasteiger charge is -2.17. The number of nitrogens with two attached hydrogens (primary N) is 1. The second-order valence-electron chi connectivity index (χ2n) is 3.44. The van der Waals surface area contributed by atoms with Gasteiger partial charge in [0.2, 0.25) is 0 Å². The summed E-state index contributed by atoms with van der Waals surface area (Å²) in [5.41, 5.74) is 5.63. The predicted molar refractivity (Wildman–Crippen MR) is 57.7 cm³/mol. The minimum absolute atomic E-state index is 0.0516. The standard InChI is InChI=1S/C10H14N2O4/c11-6-5-9(13)10(14)7-1-3-8(4-2-7)12(15)16/h1-4,9-10,13-14H,5-6,11H2. The van der Waals surface area contributed by atoms with Crippen LogP contribution in [0.2, 0.25) is 0 Å². The van der Waals surface area contributed by atoms with Crippen LogP contribution in [0.15, 0.2) is 24.3 Å². The Bertz CT molecular complexity index is 352. The maximum absolute atomic E-state index is 10.4. The van der Waals surface area contributed by atoms with Gasteiger partial charge in [-0.1, -0.05) is 0 Å². The maximum atomic E-state index is 10.4. The third kappa shape index (κ3) is 2.99. The number of aliphatic hydroxyl groups excluding tert-OH is 2. The zero-order chi connectivity index (χ0) is 12.1. The molecule has 0 aliphatic carbocycles. The molecule has 1 aromatic rings. The van der Waals surface area contributed by atoms with Gasteiger partial charge in [-0.05, 0) is 30.7 Å². The van der Waals surface area contributed by atoms with Crippen LogP contribution in [0.3, 0.4) is 0 Å². The Balaban J connectivity index is 2.77. The molecule has 88 valence electrons. The van der Waals surface area contributed by atoms with Crippen molar-refractivity contribution in [1.82, 2.24) is 0 Å². The highest BCUT2D eigenvalue weighted by Gasteiger charge is 2.18. The first-order chi connectivity index (χ1) is 7.56. The SMILES string of the molecule is NCCC(O)C(O)c1ccc([N+](=O)[O-])cc1. The molecule has 0 saturated heterocycles. The third-order valence-electron chi connectivity index (χ3n) is 2.27. The fourth-order valence-electron chi connectivity index (χ4n) is 1.34. The first-order valence-electron chi connectivity index (χ1n) is 4.87. The Labute approximate surface area is 92.5 Å². The van der Waals surface area contributed by atoms with Gasteiger partial charge in [-0.3, -0.25) is 10.1 Å². The zero-order valence-corrected chi connectivity index (χ0v) is 8.61. The number of aliphatic hydroxyl groups is 2. The summed E-state index contributed by atoms with van der Waals surface area (Å²) in [6.07, 6.45) is -1.74. The van der Waals surface area contributed by atoms with Crippen molar-refractivity contribution < 1.29 is 15.1 Å². The molecule has 0 radical (unpaired) electrons. The summed E-state index contributed by atoms with van der Waals surface area (Å²) in [7, 11) is 0. The number of nitrogens with zero attached hydrogens (tertiary/aromatic N) is 1. The molecule has 0 aromatic heterocycles. The van der Waals surface area contributed by atoms with E-state index in [0.29, 0.717) is 5.56 Å². The number of benzene rings is 1. The molecule has 16 heavy (non-hydrogen) atoms. The average molecular weight is 226 g/mol. The van der Waals surface area contributed by atoms with Crippen LogP contribution in [-0.4, -0.2) is 27.8 Å². The number of nitro benzene ring substituents is 1. The van der Waals surface area contributed by atoms with Gasteiger partial charge in [-0.25, -0.2) is 0 Å². The molecule has 4 N–H and O–H groups in total. The van der Waals surface area contributed by atoms with Crippen LogP contribution in [0.5, 0.6) is 0 Å². The summed E-state index contributed by atoms with van der Waals surface area (Å²) in [5, 5.41) is 29.6. The molecule has 2 atom stereocenters. The number of hydrogen-bond donors (Lipinski definition) is 3. The van der Waals surface area contributed by atoms with Gasteiger partial charge in [-0.2, -0.15) is 0 Å². The lowest BCUT2D eigenvalue weighted by Crippen LogP contribution is -2.21. The van der Waals surface area contributed by atoms with E-state index in [1.807, 2.05) is 0 Å². The summed E-state index contributed by atoms with van der Waals surface area (Å²) in [6, 6.07) is 5.41. The monoisotopic (exact) mass is 226 g/mol. The van der Waals surface area contributed by atoms with Gasteiger partial charge in [0, 0.05) is 12.1 Å². The second kappa shape index (κ2) is 5.55. The van der Waals surface area contributed by atoms with Crippen LogP contribution >= 0.6 is 0 Å². The largest absolute Gasteiger partial charge is 0.390 e. The minimum atomic E-state index is -1.07. The maximum Gasteiger partial charge on any atom is 0.269 e. The van der Waals surface area contributed by atoms with Gasteiger partial charge in [-0.15, -0.1) is 0 Å². The van der Waals surface area contributed by atoms with Crippen molar-refractivity contribution in [3.63, 3.8) is 0 Å². The number of non-ortho nitro benzene ring substituents is 1. The molecule has 0 fully saturated rings. The van der Waals surface area contributed by atoms with Gasteiger partial charge < -0.3 is 15.9 Å². The van der Waals surface area contributed by atoms with Crippen LogP contribution < -0.4 is 5.73 Å². The van der Waals surface area contributed by atoms with E-state index in [4.69, 9.17) is 5.73 Å². The van der Waals surface area contributed by atoms with E-state index in [0.717, 1.165) is 0 Å². The van der Waals surface area contributed by atoms with Crippen molar-refractivity contribution in [2.75, 3.05) is 6.54 Å². The molecular formula is C10H14N2O4. The van der Waals surface area contributed by atoms with Crippen LogP contribution in [-0.2, 0) is 0 Å². The van der Waals surface area contributed by atoms with Crippen molar-refractivity contribution in [3.05, 3.63) is 39.9 Å². The van der Waals surface area contributed by atoms with E-state index in [2.05, 4.69) is 0 Å². The van der Waals surface area contributed by atoms with Gasteiger partial charge in [0.25, 0.3) is 5.69 Å². The van der Waals surface area contributed by atoms with Gasteiger partial charge in [0.15, 0.2) is 0 Å². The first kappa shape index (κ1) is 12.6. The van der Waals surface area contributed by atoms with E-state index < -0.39 is 17.1 Å². The van der Waals surface area contributed by atoms with E-state index in [1.54, 1.807) is 0 Å². The topological polar surface area (TPSA) is 110 Å². The van der Waals surface area contributed by atoms with Crippen molar-refractivity contribution in [3.8, 4) is 0 Å². The number of nitro groups is 1. The third-order valence-corrected chi connectivity index (χ3v) is 2.27. The smallest absolute Gasteiger partial charge is 0.269 e. The molecule has 6 heteroatoms. The highest BCUT2D eigenvalue weighted by atomic mass is 16.6. The fourth-order valence-corrected chi connectivity index (χ4v) is 1.34. The molecule has 1 aromatic carbocycles. The average Bonchev–Trinajstić information content (AvgIpc) is 2.28. The van der Waals surface area contributed by atoms with Crippen molar-refractivity contribution in [1.29, 1.82) is 0 Å². The van der Waals surface area contributed by atoms with E-state index in [-0.39, 0.29) is 18.7 Å². The minimum Gasteiger partial charge on any atom is -0.390 e. The van der Waals surface area contributed by atoms with Crippen LogP contribution in [0.1, 0.15) is 18.1 Å². The lowest BCUT2D eigenvalue weighted by atomic mass is 10.0. The molecule has 0 aliphatic heterocycles. The summed E-state index contributed by atoms with van der Waals surface area (Å²) in [5.74, 6) is 0. The number of rotatable bonds is 5. The fraction of sp³-hybridized carbons (Fsp3) is 0.400. The molecule has 0 heterocycles. The molecule has 0 bridgehead atoms. The Morgan fingerprint density at radius 2 is 1.88 bits per heavy atom. The molecule has 0 spiro atoms. The Morgan fingerprint density at radius 3 is 2.31 bits per heavy atom. The van der Waals surface area contributed by atoms with E-state index in [1.165, 1.54) is 24.3 Å². The molecule has 0 aliphatic rings. The quantitative estimate of drug-likeness (QED) is 0.495. The molecule has 1 rings (SSSR count). The van der Waals surface area contributed by atoms with Crippen LogP contribution in [0.25, 0.3) is 0 Å². The Hall–Kier alpha value is -1.50.